The van der Waals surface area contributed by atoms with Crippen molar-refractivity contribution in [2.24, 2.45) is 0 Å². The standard InChI is InChI=1S/C12H11NO4/c1-17-12(16)10(14)7-8-13-11(15)9-5-3-2-4-6-9/h2-8H,1H3,(H,13,15)/b8-7+. The molecule has 0 heterocycles. The van der Waals surface area contributed by atoms with Gasteiger partial charge in [0.05, 0.1) is 7.11 Å². The maximum Gasteiger partial charge on any atom is 0.378 e. The Bertz CT molecular complexity index is 451. The van der Waals surface area contributed by atoms with E-state index in [9.17, 15) is 14.4 Å². The van der Waals surface area contributed by atoms with Crippen molar-refractivity contribution >= 4 is 17.7 Å². The third-order valence-electron chi connectivity index (χ3n) is 1.87. The van der Waals surface area contributed by atoms with Crippen LogP contribution in [-0.4, -0.2) is 24.8 Å². The van der Waals surface area contributed by atoms with E-state index < -0.39 is 11.8 Å². The van der Waals surface area contributed by atoms with Gasteiger partial charge in [-0.3, -0.25) is 9.59 Å². The highest BCUT2D eigenvalue weighted by atomic mass is 16.5. The molecule has 0 saturated heterocycles. The number of carbonyl (C=O) groups excluding carboxylic acids is 3. The van der Waals surface area contributed by atoms with Crippen LogP contribution in [0.2, 0.25) is 0 Å². The van der Waals surface area contributed by atoms with Gasteiger partial charge < -0.3 is 10.1 Å². The molecule has 0 aliphatic carbocycles. The summed E-state index contributed by atoms with van der Waals surface area (Å²) in [7, 11) is 1.11. The van der Waals surface area contributed by atoms with Crippen LogP contribution in [-0.2, 0) is 14.3 Å². The predicted molar refractivity (Wildman–Crippen MR) is 60.1 cm³/mol. The number of benzene rings is 1. The first kappa shape index (κ1) is 12.6. The lowest BCUT2D eigenvalue weighted by Gasteiger charge is -1.98. The van der Waals surface area contributed by atoms with E-state index in [2.05, 4.69) is 10.1 Å². The minimum Gasteiger partial charge on any atom is -0.463 e. The van der Waals surface area contributed by atoms with Gasteiger partial charge in [0.2, 0.25) is 0 Å². The molecular formula is C12H11NO4. The van der Waals surface area contributed by atoms with E-state index in [-0.39, 0.29) is 5.91 Å². The Hall–Kier alpha value is -2.43. The zero-order valence-electron chi connectivity index (χ0n) is 9.17. The number of rotatable bonds is 4. The lowest BCUT2D eigenvalue weighted by molar-refractivity contribution is -0.149. The smallest absolute Gasteiger partial charge is 0.378 e. The summed E-state index contributed by atoms with van der Waals surface area (Å²) >= 11 is 0. The van der Waals surface area contributed by atoms with Crippen molar-refractivity contribution < 1.29 is 19.1 Å². The van der Waals surface area contributed by atoms with Crippen LogP contribution in [0.4, 0.5) is 0 Å². The highest BCUT2D eigenvalue weighted by Gasteiger charge is 2.09. The number of ketones is 1. The Kier molecular flexibility index (Phi) is 4.62. The third kappa shape index (κ3) is 3.90. The lowest BCUT2D eigenvalue weighted by Crippen LogP contribution is -2.19. The van der Waals surface area contributed by atoms with Crippen molar-refractivity contribution in [1.29, 1.82) is 0 Å². The Morgan fingerprint density at radius 1 is 1.18 bits per heavy atom. The maximum absolute atomic E-state index is 11.5. The molecule has 5 nitrogen and oxygen atoms in total. The van der Waals surface area contributed by atoms with E-state index in [1.54, 1.807) is 30.3 Å². The number of ether oxygens (including phenoxy) is 1. The second kappa shape index (κ2) is 6.22. The summed E-state index contributed by atoms with van der Waals surface area (Å²) < 4.78 is 4.20. The molecule has 1 aromatic rings. The van der Waals surface area contributed by atoms with Crippen molar-refractivity contribution in [3.63, 3.8) is 0 Å². The SMILES string of the molecule is COC(=O)C(=O)/C=C/NC(=O)c1ccccc1. The molecule has 0 aliphatic heterocycles. The van der Waals surface area contributed by atoms with Crippen LogP contribution in [0.1, 0.15) is 10.4 Å². The van der Waals surface area contributed by atoms with E-state index in [1.165, 1.54) is 0 Å². The second-order valence-corrected chi connectivity index (χ2v) is 3.03. The molecule has 0 aliphatic rings. The quantitative estimate of drug-likeness (QED) is 0.471. The molecule has 0 saturated carbocycles. The predicted octanol–water partition coefficient (Wildman–Crippen LogP) is 0.672. The summed E-state index contributed by atoms with van der Waals surface area (Å²) in [6.45, 7) is 0. The molecule has 5 heteroatoms. The molecule has 0 fully saturated rings. The molecule has 1 amide bonds. The second-order valence-electron chi connectivity index (χ2n) is 3.03. The van der Waals surface area contributed by atoms with Crippen LogP contribution in [0.25, 0.3) is 0 Å². The van der Waals surface area contributed by atoms with Crippen LogP contribution in [0, 0.1) is 0 Å². The highest BCUT2D eigenvalue weighted by Crippen LogP contribution is 1.97. The molecule has 17 heavy (non-hydrogen) atoms. The maximum atomic E-state index is 11.5. The van der Waals surface area contributed by atoms with Gasteiger partial charge in [0, 0.05) is 17.8 Å². The van der Waals surface area contributed by atoms with Gasteiger partial charge in [-0.1, -0.05) is 18.2 Å². The molecule has 88 valence electrons. The van der Waals surface area contributed by atoms with E-state index in [0.717, 1.165) is 19.4 Å². The fraction of sp³-hybridized carbons (Fsp3) is 0.0833. The van der Waals surface area contributed by atoms with E-state index in [0.29, 0.717) is 5.56 Å². The molecule has 1 rings (SSSR count). The van der Waals surface area contributed by atoms with Gasteiger partial charge in [0.15, 0.2) is 0 Å². The van der Waals surface area contributed by atoms with Crippen molar-refractivity contribution in [2.45, 2.75) is 0 Å². The fourth-order valence-electron chi connectivity index (χ4n) is 1.03. The van der Waals surface area contributed by atoms with Gasteiger partial charge in [0.1, 0.15) is 0 Å². The molecule has 0 radical (unpaired) electrons. The van der Waals surface area contributed by atoms with Crippen LogP contribution < -0.4 is 5.32 Å². The highest BCUT2D eigenvalue weighted by molar-refractivity contribution is 6.38. The van der Waals surface area contributed by atoms with Crippen molar-refractivity contribution in [3.05, 3.63) is 48.2 Å². The van der Waals surface area contributed by atoms with Crippen molar-refractivity contribution in [1.82, 2.24) is 5.32 Å². The molecule has 0 aromatic heterocycles. The first-order chi connectivity index (χ1) is 8.15. The summed E-state index contributed by atoms with van der Waals surface area (Å²) in [6, 6.07) is 8.49. The third-order valence-corrected chi connectivity index (χ3v) is 1.87. The number of hydrogen-bond acceptors (Lipinski definition) is 4. The molecule has 0 bridgehead atoms. The largest absolute Gasteiger partial charge is 0.463 e. The average molecular weight is 233 g/mol. The normalized spacial score (nSPS) is 9.94. The van der Waals surface area contributed by atoms with E-state index in [4.69, 9.17) is 0 Å². The number of hydrogen-bond donors (Lipinski definition) is 1. The summed E-state index contributed by atoms with van der Waals surface area (Å²) in [5.41, 5.74) is 0.461. The average Bonchev–Trinajstić information content (AvgIpc) is 2.38. The lowest BCUT2D eigenvalue weighted by atomic mass is 10.2. The Labute approximate surface area is 98.1 Å². The molecule has 0 atom stereocenters. The number of carbonyl (C=O) groups is 3. The first-order valence-corrected chi connectivity index (χ1v) is 4.80. The molecule has 1 N–H and O–H groups in total. The molecule has 0 spiro atoms. The van der Waals surface area contributed by atoms with Gasteiger partial charge in [-0.2, -0.15) is 0 Å². The topological polar surface area (TPSA) is 72.5 Å². The zero-order valence-corrected chi connectivity index (χ0v) is 9.17. The van der Waals surface area contributed by atoms with Crippen molar-refractivity contribution in [3.8, 4) is 0 Å². The minimum atomic E-state index is -0.977. The van der Waals surface area contributed by atoms with Gasteiger partial charge in [-0.15, -0.1) is 0 Å². The van der Waals surface area contributed by atoms with Gasteiger partial charge in [-0.25, -0.2) is 4.79 Å². The van der Waals surface area contributed by atoms with Crippen molar-refractivity contribution in [2.75, 3.05) is 7.11 Å². The summed E-state index contributed by atoms with van der Waals surface area (Å²) in [5, 5.41) is 2.36. The number of esters is 1. The van der Waals surface area contributed by atoms with Gasteiger partial charge >= 0.3 is 5.97 Å². The van der Waals surface area contributed by atoms with Crippen LogP contribution >= 0.6 is 0 Å². The number of nitrogens with one attached hydrogen (secondary N) is 1. The fourth-order valence-corrected chi connectivity index (χ4v) is 1.03. The summed E-state index contributed by atoms with van der Waals surface area (Å²) in [5.74, 6) is -2.17. The first-order valence-electron chi connectivity index (χ1n) is 4.80. The Morgan fingerprint density at radius 3 is 2.41 bits per heavy atom. The Balaban J connectivity index is 2.52. The van der Waals surface area contributed by atoms with E-state index in [1.807, 2.05) is 0 Å². The Morgan fingerprint density at radius 2 is 1.82 bits per heavy atom. The van der Waals surface area contributed by atoms with Gasteiger partial charge in [-0.05, 0) is 12.1 Å². The molecular weight excluding hydrogens is 222 g/mol. The zero-order chi connectivity index (χ0) is 12.7. The molecule has 0 unspecified atom stereocenters. The molecule has 1 aromatic carbocycles. The van der Waals surface area contributed by atoms with E-state index >= 15 is 0 Å². The van der Waals surface area contributed by atoms with Crippen LogP contribution in [0.3, 0.4) is 0 Å². The minimum absolute atomic E-state index is 0.362. The summed E-state index contributed by atoms with van der Waals surface area (Å²) in [4.78, 5) is 33.2. The summed E-state index contributed by atoms with van der Waals surface area (Å²) in [6.07, 6.45) is 2.04. The van der Waals surface area contributed by atoms with Crippen LogP contribution in [0.5, 0.6) is 0 Å². The monoisotopic (exact) mass is 233 g/mol. The number of amides is 1. The van der Waals surface area contributed by atoms with Gasteiger partial charge in [0.25, 0.3) is 11.7 Å². The number of methoxy groups -OCH3 is 1. The van der Waals surface area contributed by atoms with Crippen LogP contribution in [0.15, 0.2) is 42.6 Å².